The molecule has 1 aromatic carbocycles. The first kappa shape index (κ1) is 22.5. The average Bonchev–Trinajstić information content (AvgIpc) is 3.50. The Labute approximate surface area is 202 Å². The summed E-state index contributed by atoms with van der Waals surface area (Å²) in [7, 11) is -3.30. The van der Waals surface area contributed by atoms with Crippen LogP contribution in [0.1, 0.15) is 41.5 Å². The third-order valence-electron chi connectivity index (χ3n) is 5.78. The van der Waals surface area contributed by atoms with Gasteiger partial charge in [0.1, 0.15) is 0 Å². The minimum absolute atomic E-state index is 0.0836. The lowest BCUT2D eigenvalue weighted by Crippen LogP contribution is -2.25. The van der Waals surface area contributed by atoms with E-state index in [1.54, 1.807) is 47.9 Å². The monoisotopic (exact) mass is 495 g/mol. The molecule has 5 rings (SSSR count). The van der Waals surface area contributed by atoms with Gasteiger partial charge in [-0.05, 0) is 63.6 Å². The number of fused-ring (bicyclic) bond motifs is 1. The summed E-state index contributed by atoms with van der Waals surface area (Å²) in [6, 6.07) is 12.9. The highest BCUT2D eigenvalue weighted by molar-refractivity contribution is 7.93. The van der Waals surface area contributed by atoms with Gasteiger partial charge in [-0.15, -0.1) is 11.3 Å². The minimum Gasteiger partial charge on any atom is -0.322 e. The number of nitrogens with zero attached hydrogens (tertiary/aromatic N) is 4. The van der Waals surface area contributed by atoms with Crippen LogP contribution in [0.25, 0.3) is 21.6 Å². The molecule has 4 heterocycles. The molecule has 1 amide bonds. The van der Waals surface area contributed by atoms with E-state index in [1.807, 2.05) is 37.6 Å². The van der Waals surface area contributed by atoms with Crippen LogP contribution in [0.2, 0.25) is 0 Å². The number of rotatable bonds is 5. The van der Waals surface area contributed by atoms with E-state index in [2.05, 4.69) is 10.4 Å². The average molecular weight is 496 g/mol. The number of amides is 1. The number of carbonyl (C=O) groups excluding carboxylic acids is 1. The van der Waals surface area contributed by atoms with Crippen LogP contribution in [-0.2, 0) is 10.0 Å². The Bertz CT molecular complexity index is 1500. The zero-order valence-electron chi connectivity index (χ0n) is 19.1. The van der Waals surface area contributed by atoms with Crippen molar-refractivity contribution in [3.63, 3.8) is 0 Å². The third-order valence-corrected chi connectivity index (χ3v) is 8.68. The summed E-state index contributed by atoms with van der Waals surface area (Å²) in [4.78, 5) is 20.4. The number of carbonyl (C=O) groups is 1. The standard InChI is InChI=1S/C24H25N5O3S2/c1-15(2)29-23-20(14-25-29)19(13-21(27-23)22-9-8-16(3)33-22)24(30)26-17-6-4-7-18(12-17)28-10-5-11-34(28,31)32/h4,6-9,12-15H,5,10-11H2,1-3H3,(H,26,30). The summed E-state index contributed by atoms with van der Waals surface area (Å²) in [6.45, 7) is 6.52. The molecular weight excluding hydrogens is 470 g/mol. The topological polar surface area (TPSA) is 97.2 Å². The molecule has 3 aromatic heterocycles. The Morgan fingerprint density at radius 3 is 2.68 bits per heavy atom. The van der Waals surface area contributed by atoms with Gasteiger partial charge in [-0.25, -0.2) is 18.1 Å². The van der Waals surface area contributed by atoms with Gasteiger partial charge in [0.2, 0.25) is 10.0 Å². The second kappa shape index (κ2) is 8.52. The first-order valence-corrected chi connectivity index (χ1v) is 13.5. The van der Waals surface area contributed by atoms with Crippen molar-refractivity contribution in [1.82, 2.24) is 14.8 Å². The van der Waals surface area contributed by atoms with E-state index in [4.69, 9.17) is 4.98 Å². The van der Waals surface area contributed by atoms with Gasteiger partial charge < -0.3 is 5.32 Å². The largest absolute Gasteiger partial charge is 0.322 e. The normalized spacial score (nSPS) is 15.4. The van der Waals surface area contributed by atoms with Gasteiger partial charge in [-0.3, -0.25) is 9.10 Å². The van der Waals surface area contributed by atoms with Crippen LogP contribution in [0.4, 0.5) is 11.4 Å². The van der Waals surface area contributed by atoms with Crippen LogP contribution in [0.5, 0.6) is 0 Å². The number of aromatic nitrogens is 3. The molecule has 34 heavy (non-hydrogen) atoms. The zero-order valence-corrected chi connectivity index (χ0v) is 20.8. The van der Waals surface area contributed by atoms with E-state index in [0.29, 0.717) is 40.9 Å². The number of anilines is 2. The van der Waals surface area contributed by atoms with Crippen LogP contribution in [0.15, 0.2) is 48.7 Å². The minimum atomic E-state index is -3.30. The Morgan fingerprint density at radius 2 is 2.00 bits per heavy atom. The van der Waals surface area contributed by atoms with E-state index < -0.39 is 10.0 Å². The lowest BCUT2D eigenvalue weighted by Gasteiger charge is -2.18. The summed E-state index contributed by atoms with van der Waals surface area (Å²) in [5.41, 5.74) is 2.92. The number of benzene rings is 1. The summed E-state index contributed by atoms with van der Waals surface area (Å²) in [5, 5.41) is 8.08. The van der Waals surface area contributed by atoms with Crippen LogP contribution in [0.3, 0.4) is 0 Å². The summed E-state index contributed by atoms with van der Waals surface area (Å²) in [5.74, 6) is -0.157. The van der Waals surface area contributed by atoms with E-state index in [9.17, 15) is 13.2 Å². The number of nitrogens with one attached hydrogen (secondary N) is 1. The fourth-order valence-electron chi connectivity index (χ4n) is 4.15. The molecule has 8 nitrogen and oxygen atoms in total. The van der Waals surface area contributed by atoms with Crippen molar-refractivity contribution in [2.45, 2.75) is 33.2 Å². The van der Waals surface area contributed by atoms with E-state index in [1.165, 1.54) is 4.31 Å². The van der Waals surface area contributed by atoms with Crippen LogP contribution in [0, 0.1) is 6.92 Å². The quantitative estimate of drug-likeness (QED) is 0.427. The highest BCUT2D eigenvalue weighted by Gasteiger charge is 2.28. The van der Waals surface area contributed by atoms with Gasteiger partial charge in [0, 0.05) is 23.2 Å². The molecule has 0 saturated carbocycles. The van der Waals surface area contributed by atoms with Crippen molar-refractivity contribution in [3.8, 4) is 10.6 Å². The summed E-state index contributed by atoms with van der Waals surface area (Å²) >= 11 is 1.62. The molecule has 0 unspecified atom stereocenters. The molecule has 1 aliphatic rings. The maximum absolute atomic E-state index is 13.5. The second-order valence-electron chi connectivity index (χ2n) is 8.63. The van der Waals surface area contributed by atoms with Gasteiger partial charge in [0.25, 0.3) is 5.91 Å². The number of thiophene rings is 1. The predicted molar refractivity (Wildman–Crippen MR) is 136 cm³/mol. The van der Waals surface area contributed by atoms with Gasteiger partial charge in [-0.1, -0.05) is 6.07 Å². The molecule has 4 aromatic rings. The molecule has 0 atom stereocenters. The van der Waals surface area contributed by atoms with Crippen LogP contribution >= 0.6 is 11.3 Å². The lowest BCUT2D eigenvalue weighted by molar-refractivity contribution is 0.102. The van der Waals surface area contributed by atoms with Crippen molar-refractivity contribution in [3.05, 3.63) is 59.1 Å². The van der Waals surface area contributed by atoms with Crippen molar-refractivity contribution in [2.24, 2.45) is 0 Å². The first-order chi connectivity index (χ1) is 16.2. The molecule has 0 aliphatic carbocycles. The molecule has 1 fully saturated rings. The van der Waals surface area contributed by atoms with E-state index >= 15 is 0 Å². The molecular formula is C24H25N5O3S2. The predicted octanol–water partition coefficient (Wildman–Crippen LogP) is 4.84. The van der Waals surface area contributed by atoms with Gasteiger partial charge in [0.15, 0.2) is 5.65 Å². The maximum Gasteiger partial charge on any atom is 0.256 e. The Morgan fingerprint density at radius 1 is 1.18 bits per heavy atom. The second-order valence-corrected chi connectivity index (χ2v) is 11.9. The fraction of sp³-hybridized carbons (Fsp3) is 0.292. The van der Waals surface area contributed by atoms with Crippen molar-refractivity contribution in [1.29, 1.82) is 0 Å². The molecule has 0 radical (unpaired) electrons. The highest BCUT2D eigenvalue weighted by Crippen LogP contribution is 2.32. The number of aryl methyl sites for hydroxylation is 1. The lowest BCUT2D eigenvalue weighted by atomic mass is 10.1. The molecule has 10 heteroatoms. The number of hydrogen-bond acceptors (Lipinski definition) is 6. The zero-order chi connectivity index (χ0) is 24.0. The Balaban J connectivity index is 1.54. The van der Waals surface area contributed by atoms with E-state index in [0.717, 1.165) is 15.4 Å². The van der Waals surface area contributed by atoms with Crippen LogP contribution < -0.4 is 9.62 Å². The molecule has 0 spiro atoms. The third kappa shape index (κ3) is 4.07. The SMILES string of the molecule is Cc1ccc(-c2cc(C(=O)Nc3cccc(N4CCCS4(=O)=O)c3)c3cnn(C(C)C)c3n2)s1. The van der Waals surface area contributed by atoms with E-state index in [-0.39, 0.29) is 17.7 Å². The number of pyridine rings is 1. The molecule has 0 bridgehead atoms. The Kier molecular flexibility index (Phi) is 5.65. The number of sulfonamides is 1. The molecule has 176 valence electrons. The first-order valence-electron chi connectivity index (χ1n) is 11.1. The summed E-state index contributed by atoms with van der Waals surface area (Å²) < 4.78 is 27.9. The van der Waals surface area contributed by atoms with Crippen molar-refractivity contribution >= 4 is 49.7 Å². The van der Waals surface area contributed by atoms with Gasteiger partial charge in [0.05, 0.1) is 39.2 Å². The Hall–Kier alpha value is -3.24. The molecule has 1 saturated heterocycles. The fourth-order valence-corrected chi connectivity index (χ4v) is 6.53. The van der Waals surface area contributed by atoms with Gasteiger partial charge >= 0.3 is 0 Å². The van der Waals surface area contributed by atoms with Crippen LogP contribution in [-0.4, -0.2) is 41.4 Å². The van der Waals surface area contributed by atoms with Gasteiger partial charge in [-0.2, -0.15) is 5.10 Å². The van der Waals surface area contributed by atoms with Crippen molar-refractivity contribution < 1.29 is 13.2 Å². The smallest absolute Gasteiger partial charge is 0.256 e. The summed E-state index contributed by atoms with van der Waals surface area (Å²) in [6.07, 6.45) is 2.27. The highest BCUT2D eigenvalue weighted by atomic mass is 32.2. The molecule has 1 N–H and O–H groups in total. The number of hydrogen-bond donors (Lipinski definition) is 1. The maximum atomic E-state index is 13.5. The van der Waals surface area contributed by atoms with Crippen molar-refractivity contribution in [2.75, 3.05) is 21.9 Å². The molecule has 1 aliphatic heterocycles.